The first-order valence-electron chi connectivity index (χ1n) is 7.33. The van der Waals surface area contributed by atoms with Gasteiger partial charge in [-0.15, -0.1) is 0 Å². The standard InChI is InChI=1S/C9H14O6.C6H14O3/c1-6(10)13-4-9(15-8(3)12)5-14-7(2)11;1-7-3-5-9-6-4-8-2/h9H,4-5H2,1-3H3;3-6H2,1-2H3. The van der Waals surface area contributed by atoms with E-state index in [0.29, 0.717) is 26.4 Å². The number of ether oxygens (including phenoxy) is 6. The van der Waals surface area contributed by atoms with Gasteiger partial charge < -0.3 is 28.4 Å². The van der Waals surface area contributed by atoms with Crippen LogP contribution in [0.2, 0.25) is 0 Å². The van der Waals surface area contributed by atoms with Crippen LogP contribution in [0, 0.1) is 0 Å². The van der Waals surface area contributed by atoms with Gasteiger partial charge in [-0.2, -0.15) is 0 Å². The molecule has 9 nitrogen and oxygen atoms in total. The van der Waals surface area contributed by atoms with Gasteiger partial charge in [-0.05, 0) is 0 Å². The lowest BCUT2D eigenvalue weighted by Gasteiger charge is -2.15. The average Bonchev–Trinajstić information content (AvgIpc) is 2.50. The molecule has 0 fully saturated rings. The normalized spacial score (nSPS) is 9.75. The molecule has 0 spiro atoms. The van der Waals surface area contributed by atoms with Gasteiger partial charge >= 0.3 is 17.9 Å². The van der Waals surface area contributed by atoms with Gasteiger partial charge in [-0.3, -0.25) is 14.4 Å². The Bertz CT molecular complexity index is 320. The second-order valence-corrected chi connectivity index (χ2v) is 4.43. The Balaban J connectivity index is 0. The Kier molecular flexibility index (Phi) is 18.0. The highest BCUT2D eigenvalue weighted by Crippen LogP contribution is 1.97. The average molecular weight is 352 g/mol. The molecule has 0 N–H and O–H groups in total. The van der Waals surface area contributed by atoms with Crippen molar-refractivity contribution in [3.8, 4) is 0 Å². The van der Waals surface area contributed by atoms with Crippen LogP contribution in [-0.2, 0) is 42.8 Å². The first-order chi connectivity index (χ1) is 11.3. The highest BCUT2D eigenvalue weighted by Gasteiger charge is 2.15. The van der Waals surface area contributed by atoms with Crippen molar-refractivity contribution in [1.82, 2.24) is 0 Å². The Hall–Kier alpha value is -1.71. The second-order valence-electron chi connectivity index (χ2n) is 4.43. The maximum absolute atomic E-state index is 10.6. The van der Waals surface area contributed by atoms with Crippen LogP contribution in [0.25, 0.3) is 0 Å². The third-order valence-electron chi connectivity index (χ3n) is 2.14. The molecule has 0 aromatic rings. The van der Waals surface area contributed by atoms with Gasteiger partial charge in [0.25, 0.3) is 0 Å². The van der Waals surface area contributed by atoms with Gasteiger partial charge in [0, 0.05) is 35.0 Å². The second kappa shape index (κ2) is 17.6. The van der Waals surface area contributed by atoms with E-state index in [2.05, 4.69) is 9.47 Å². The summed E-state index contributed by atoms with van der Waals surface area (Å²) in [7, 11) is 3.30. The summed E-state index contributed by atoms with van der Waals surface area (Å²) in [5.74, 6) is -1.51. The molecule has 0 aromatic carbocycles. The summed E-state index contributed by atoms with van der Waals surface area (Å²) in [5.41, 5.74) is 0. The summed E-state index contributed by atoms with van der Waals surface area (Å²) in [4.78, 5) is 31.6. The maximum atomic E-state index is 10.6. The van der Waals surface area contributed by atoms with Crippen LogP contribution in [0.4, 0.5) is 0 Å². The van der Waals surface area contributed by atoms with Crippen molar-refractivity contribution in [3.63, 3.8) is 0 Å². The fraction of sp³-hybridized carbons (Fsp3) is 0.800. The highest BCUT2D eigenvalue weighted by atomic mass is 16.6. The zero-order valence-electron chi connectivity index (χ0n) is 15.0. The first kappa shape index (κ1) is 24.5. The summed E-state index contributed by atoms with van der Waals surface area (Å²) in [6.45, 7) is 6.05. The molecule has 0 amide bonds. The Morgan fingerprint density at radius 2 is 1.12 bits per heavy atom. The lowest BCUT2D eigenvalue weighted by molar-refractivity contribution is -0.163. The highest BCUT2D eigenvalue weighted by molar-refractivity contribution is 5.67. The number of hydrogen-bond acceptors (Lipinski definition) is 9. The van der Waals surface area contributed by atoms with Crippen LogP contribution in [0.1, 0.15) is 20.8 Å². The Labute approximate surface area is 142 Å². The summed E-state index contributed by atoms with van der Waals surface area (Å²) in [6.07, 6.45) is -0.754. The van der Waals surface area contributed by atoms with Crippen LogP contribution in [0.5, 0.6) is 0 Å². The van der Waals surface area contributed by atoms with Crippen LogP contribution in [-0.4, -0.2) is 77.9 Å². The predicted octanol–water partition coefficient (Wildman–Crippen LogP) is 0.340. The molecular formula is C15H28O9. The van der Waals surface area contributed by atoms with Crippen molar-refractivity contribution in [2.75, 3.05) is 53.9 Å². The van der Waals surface area contributed by atoms with E-state index in [0.717, 1.165) is 0 Å². The topological polar surface area (TPSA) is 107 Å². The molecule has 0 radical (unpaired) electrons. The predicted molar refractivity (Wildman–Crippen MR) is 83.4 cm³/mol. The maximum Gasteiger partial charge on any atom is 0.303 e. The minimum Gasteiger partial charge on any atom is -0.462 e. The van der Waals surface area contributed by atoms with Crippen molar-refractivity contribution in [2.45, 2.75) is 26.9 Å². The lowest BCUT2D eigenvalue weighted by atomic mass is 10.4. The molecule has 0 aliphatic heterocycles. The number of methoxy groups -OCH3 is 2. The van der Waals surface area contributed by atoms with E-state index >= 15 is 0 Å². The zero-order valence-corrected chi connectivity index (χ0v) is 15.0. The van der Waals surface area contributed by atoms with Crippen molar-refractivity contribution >= 4 is 17.9 Å². The summed E-state index contributed by atoms with van der Waals surface area (Å²) < 4.78 is 28.6. The van der Waals surface area contributed by atoms with E-state index in [4.69, 9.17) is 18.9 Å². The van der Waals surface area contributed by atoms with E-state index in [1.165, 1.54) is 20.8 Å². The van der Waals surface area contributed by atoms with Crippen LogP contribution in [0.3, 0.4) is 0 Å². The number of rotatable bonds is 11. The fourth-order valence-corrected chi connectivity index (χ4v) is 1.16. The van der Waals surface area contributed by atoms with Crippen molar-refractivity contribution in [2.24, 2.45) is 0 Å². The molecule has 0 rings (SSSR count). The number of esters is 3. The van der Waals surface area contributed by atoms with Gasteiger partial charge in [0.05, 0.1) is 26.4 Å². The minimum absolute atomic E-state index is 0.123. The summed E-state index contributed by atoms with van der Waals surface area (Å²) in [5, 5.41) is 0. The molecule has 0 saturated heterocycles. The van der Waals surface area contributed by atoms with E-state index in [1.54, 1.807) is 14.2 Å². The molecule has 0 aliphatic rings. The molecule has 0 unspecified atom stereocenters. The Morgan fingerprint density at radius 3 is 1.42 bits per heavy atom. The third kappa shape index (κ3) is 22.6. The van der Waals surface area contributed by atoms with Crippen LogP contribution >= 0.6 is 0 Å². The quantitative estimate of drug-likeness (QED) is 0.295. The molecule has 0 atom stereocenters. The van der Waals surface area contributed by atoms with E-state index in [9.17, 15) is 14.4 Å². The largest absolute Gasteiger partial charge is 0.462 e. The molecule has 0 saturated carbocycles. The van der Waals surface area contributed by atoms with Gasteiger partial charge in [-0.1, -0.05) is 0 Å². The van der Waals surface area contributed by atoms with Gasteiger partial charge in [0.15, 0.2) is 6.10 Å². The van der Waals surface area contributed by atoms with Crippen LogP contribution in [0.15, 0.2) is 0 Å². The summed E-state index contributed by atoms with van der Waals surface area (Å²) >= 11 is 0. The lowest BCUT2D eigenvalue weighted by Crippen LogP contribution is -2.29. The molecule has 24 heavy (non-hydrogen) atoms. The number of carbonyl (C=O) groups is 3. The van der Waals surface area contributed by atoms with Crippen molar-refractivity contribution < 1.29 is 42.8 Å². The Morgan fingerprint density at radius 1 is 0.708 bits per heavy atom. The molecule has 0 heterocycles. The monoisotopic (exact) mass is 352 g/mol. The zero-order chi connectivity index (χ0) is 18.8. The van der Waals surface area contributed by atoms with Gasteiger partial charge in [0.1, 0.15) is 13.2 Å². The molecule has 9 heteroatoms. The smallest absolute Gasteiger partial charge is 0.303 e. The van der Waals surface area contributed by atoms with Gasteiger partial charge in [0.2, 0.25) is 0 Å². The van der Waals surface area contributed by atoms with Crippen LogP contribution < -0.4 is 0 Å². The fourth-order valence-electron chi connectivity index (χ4n) is 1.16. The third-order valence-corrected chi connectivity index (χ3v) is 2.14. The first-order valence-corrected chi connectivity index (χ1v) is 7.33. The molecule has 0 bridgehead atoms. The molecular weight excluding hydrogens is 324 g/mol. The SMILES string of the molecule is CC(=O)OCC(COC(C)=O)OC(C)=O.COCCOCCOC. The minimum atomic E-state index is -0.754. The molecule has 142 valence electrons. The number of hydrogen-bond donors (Lipinski definition) is 0. The molecule has 0 aliphatic carbocycles. The van der Waals surface area contributed by atoms with Gasteiger partial charge in [-0.25, -0.2) is 0 Å². The van der Waals surface area contributed by atoms with E-state index < -0.39 is 24.0 Å². The van der Waals surface area contributed by atoms with Crippen molar-refractivity contribution in [3.05, 3.63) is 0 Å². The molecule has 0 aromatic heterocycles. The van der Waals surface area contributed by atoms with Crippen molar-refractivity contribution in [1.29, 1.82) is 0 Å². The van der Waals surface area contributed by atoms with E-state index in [1.807, 2.05) is 0 Å². The number of carbonyl (C=O) groups excluding carboxylic acids is 3. The summed E-state index contributed by atoms with van der Waals surface area (Å²) in [6, 6.07) is 0. The van der Waals surface area contributed by atoms with E-state index in [-0.39, 0.29) is 13.2 Å².